The van der Waals surface area contributed by atoms with Crippen LogP contribution in [0, 0.1) is 0 Å². The molecule has 0 spiro atoms. The van der Waals surface area contributed by atoms with Gasteiger partial charge in [-0.05, 0) is 24.1 Å². The molecule has 3 rings (SSSR count). The average molecular weight is 270 g/mol. The molecule has 1 aliphatic heterocycles. The minimum atomic E-state index is -0.0163. The Bertz CT molecular complexity index is 551. The third kappa shape index (κ3) is 2.75. The van der Waals surface area contributed by atoms with Crippen LogP contribution >= 0.6 is 0 Å². The second-order valence-corrected chi connectivity index (χ2v) is 5.02. The normalized spacial score (nSPS) is 19.0. The molecular formula is C16H18N2O2. The second kappa shape index (κ2) is 5.92. The first kappa shape index (κ1) is 12.9. The smallest absolute Gasteiger partial charge is 0.289 e. The Kier molecular flexibility index (Phi) is 3.83. The standard InChI is InChI=1S/C16H18N2O2/c19-16(15-7-4-10-20-15)18-9-8-17-12-14(18)11-13-5-2-1-3-6-13/h1-7,10,14,17H,8-9,11-12H2. The summed E-state index contributed by atoms with van der Waals surface area (Å²) >= 11 is 0. The van der Waals surface area contributed by atoms with Crippen molar-refractivity contribution in [3.8, 4) is 0 Å². The number of benzene rings is 1. The van der Waals surface area contributed by atoms with Crippen molar-refractivity contribution >= 4 is 5.91 Å². The van der Waals surface area contributed by atoms with Crippen LogP contribution in [-0.2, 0) is 6.42 Å². The van der Waals surface area contributed by atoms with Gasteiger partial charge in [-0.1, -0.05) is 30.3 Å². The Morgan fingerprint density at radius 1 is 1.25 bits per heavy atom. The number of carbonyl (C=O) groups is 1. The number of rotatable bonds is 3. The molecule has 1 aliphatic rings. The largest absolute Gasteiger partial charge is 0.459 e. The molecule has 1 saturated heterocycles. The van der Waals surface area contributed by atoms with Gasteiger partial charge >= 0.3 is 0 Å². The van der Waals surface area contributed by atoms with Crippen LogP contribution in [0.2, 0.25) is 0 Å². The van der Waals surface area contributed by atoms with Crippen LogP contribution < -0.4 is 5.32 Å². The molecule has 1 fully saturated rings. The van der Waals surface area contributed by atoms with Crippen LogP contribution in [0.1, 0.15) is 16.1 Å². The van der Waals surface area contributed by atoms with E-state index in [-0.39, 0.29) is 11.9 Å². The van der Waals surface area contributed by atoms with Gasteiger partial charge in [0.1, 0.15) is 0 Å². The topological polar surface area (TPSA) is 45.5 Å². The van der Waals surface area contributed by atoms with E-state index in [4.69, 9.17) is 4.42 Å². The fourth-order valence-corrected chi connectivity index (χ4v) is 2.64. The highest BCUT2D eigenvalue weighted by molar-refractivity contribution is 5.91. The summed E-state index contributed by atoms with van der Waals surface area (Å²) in [6, 6.07) is 13.9. The summed E-state index contributed by atoms with van der Waals surface area (Å²) in [5, 5.41) is 3.36. The van der Waals surface area contributed by atoms with Crippen molar-refractivity contribution < 1.29 is 9.21 Å². The predicted octanol–water partition coefficient (Wildman–Crippen LogP) is 1.94. The third-order valence-electron chi connectivity index (χ3n) is 3.66. The van der Waals surface area contributed by atoms with E-state index in [2.05, 4.69) is 17.4 Å². The Morgan fingerprint density at radius 3 is 2.85 bits per heavy atom. The molecule has 0 aliphatic carbocycles. The monoisotopic (exact) mass is 270 g/mol. The minimum absolute atomic E-state index is 0.0163. The van der Waals surface area contributed by atoms with Gasteiger partial charge in [0.25, 0.3) is 5.91 Å². The summed E-state index contributed by atoms with van der Waals surface area (Å²) < 4.78 is 5.24. The van der Waals surface area contributed by atoms with E-state index >= 15 is 0 Å². The zero-order valence-electron chi connectivity index (χ0n) is 11.3. The van der Waals surface area contributed by atoms with E-state index < -0.39 is 0 Å². The molecule has 0 bridgehead atoms. The molecule has 0 saturated carbocycles. The van der Waals surface area contributed by atoms with Gasteiger partial charge in [0.2, 0.25) is 0 Å². The number of carbonyl (C=O) groups excluding carboxylic acids is 1. The molecule has 104 valence electrons. The van der Waals surface area contributed by atoms with E-state index in [1.807, 2.05) is 23.1 Å². The molecule has 0 radical (unpaired) electrons. The van der Waals surface area contributed by atoms with Gasteiger partial charge in [-0.2, -0.15) is 0 Å². The molecule has 1 N–H and O–H groups in total. The lowest BCUT2D eigenvalue weighted by Crippen LogP contribution is -2.54. The number of nitrogens with zero attached hydrogens (tertiary/aromatic N) is 1. The van der Waals surface area contributed by atoms with Gasteiger partial charge in [-0.15, -0.1) is 0 Å². The summed E-state index contributed by atoms with van der Waals surface area (Å²) in [6.07, 6.45) is 2.40. The van der Waals surface area contributed by atoms with Gasteiger partial charge in [-0.25, -0.2) is 0 Å². The van der Waals surface area contributed by atoms with Gasteiger partial charge in [-0.3, -0.25) is 4.79 Å². The van der Waals surface area contributed by atoms with Crippen LogP contribution in [0.25, 0.3) is 0 Å². The van der Waals surface area contributed by atoms with Gasteiger partial charge < -0.3 is 14.6 Å². The molecule has 1 amide bonds. The first-order valence-corrected chi connectivity index (χ1v) is 6.94. The van der Waals surface area contributed by atoms with Gasteiger partial charge in [0.05, 0.1) is 6.26 Å². The highest BCUT2D eigenvalue weighted by Gasteiger charge is 2.28. The van der Waals surface area contributed by atoms with Crippen molar-refractivity contribution in [2.75, 3.05) is 19.6 Å². The summed E-state index contributed by atoms with van der Waals surface area (Å²) in [4.78, 5) is 14.4. The van der Waals surface area contributed by atoms with Crippen LogP contribution in [-0.4, -0.2) is 36.5 Å². The predicted molar refractivity (Wildman–Crippen MR) is 76.5 cm³/mol. The van der Waals surface area contributed by atoms with E-state index in [1.54, 1.807) is 18.4 Å². The minimum Gasteiger partial charge on any atom is -0.459 e. The molecule has 2 heterocycles. The third-order valence-corrected chi connectivity index (χ3v) is 3.66. The molecule has 1 unspecified atom stereocenters. The molecule has 1 aromatic heterocycles. The van der Waals surface area contributed by atoms with E-state index in [0.717, 1.165) is 26.1 Å². The van der Waals surface area contributed by atoms with Gasteiger partial charge in [0, 0.05) is 25.7 Å². The maximum atomic E-state index is 12.5. The summed E-state index contributed by atoms with van der Waals surface area (Å²) in [6.45, 7) is 2.37. The SMILES string of the molecule is O=C(c1ccco1)N1CCNCC1Cc1ccccc1. The number of piperazine rings is 1. The van der Waals surface area contributed by atoms with Crippen molar-refractivity contribution in [1.29, 1.82) is 0 Å². The van der Waals surface area contributed by atoms with Crippen molar-refractivity contribution in [3.05, 3.63) is 60.1 Å². The van der Waals surface area contributed by atoms with E-state index in [1.165, 1.54) is 5.56 Å². The maximum Gasteiger partial charge on any atom is 0.289 e. The van der Waals surface area contributed by atoms with Crippen molar-refractivity contribution in [1.82, 2.24) is 10.2 Å². The second-order valence-electron chi connectivity index (χ2n) is 5.02. The summed E-state index contributed by atoms with van der Waals surface area (Å²) in [5.41, 5.74) is 1.25. The Balaban J connectivity index is 1.76. The molecule has 2 aromatic rings. The number of amides is 1. The molecular weight excluding hydrogens is 252 g/mol. The first-order valence-electron chi connectivity index (χ1n) is 6.94. The van der Waals surface area contributed by atoms with Crippen LogP contribution in [0.5, 0.6) is 0 Å². The molecule has 1 atom stereocenters. The van der Waals surface area contributed by atoms with Crippen LogP contribution in [0.3, 0.4) is 0 Å². The highest BCUT2D eigenvalue weighted by atomic mass is 16.3. The number of hydrogen-bond acceptors (Lipinski definition) is 3. The number of nitrogens with one attached hydrogen (secondary N) is 1. The summed E-state index contributed by atoms with van der Waals surface area (Å²) in [5.74, 6) is 0.405. The zero-order valence-corrected chi connectivity index (χ0v) is 11.3. The van der Waals surface area contributed by atoms with Crippen molar-refractivity contribution in [2.24, 2.45) is 0 Å². The molecule has 4 heteroatoms. The first-order chi connectivity index (χ1) is 9.84. The molecule has 4 nitrogen and oxygen atoms in total. The highest BCUT2D eigenvalue weighted by Crippen LogP contribution is 2.15. The zero-order chi connectivity index (χ0) is 13.8. The number of hydrogen-bond donors (Lipinski definition) is 1. The average Bonchev–Trinajstić information content (AvgIpc) is 3.02. The lowest BCUT2D eigenvalue weighted by molar-refractivity contribution is 0.0603. The van der Waals surface area contributed by atoms with E-state index in [9.17, 15) is 4.79 Å². The summed E-state index contributed by atoms with van der Waals surface area (Å²) in [7, 11) is 0. The van der Waals surface area contributed by atoms with Crippen LogP contribution in [0.15, 0.2) is 53.1 Å². The van der Waals surface area contributed by atoms with Crippen molar-refractivity contribution in [3.63, 3.8) is 0 Å². The molecule has 1 aromatic carbocycles. The lowest BCUT2D eigenvalue weighted by Gasteiger charge is -2.35. The Morgan fingerprint density at radius 2 is 2.10 bits per heavy atom. The Labute approximate surface area is 118 Å². The maximum absolute atomic E-state index is 12.5. The quantitative estimate of drug-likeness (QED) is 0.927. The lowest BCUT2D eigenvalue weighted by atomic mass is 10.0. The van der Waals surface area contributed by atoms with E-state index in [0.29, 0.717) is 5.76 Å². The van der Waals surface area contributed by atoms with Crippen LogP contribution in [0.4, 0.5) is 0 Å². The number of furan rings is 1. The fraction of sp³-hybridized carbons (Fsp3) is 0.312. The fourth-order valence-electron chi connectivity index (χ4n) is 2.64. The Hall–Kier alpha value is -2.07. The van der Waals surface area contributed by atoms with Gasteiger partial charge in [0.15, 0.2) is 5.76 Å². The van der Waals surface area contributed by atoms with Crippen molar-refractivity contribution in [2.45, 2.75) is 12.5 Å². The molecule has 20 heavy (non-hydrogen) atoms.